The topological polar surface area (TPSA) is 62.2 Å². The van der Waals surface area contributed by atoms with Crippen LogP contribution in [-0.2, 0) is 6.54 Å². The van der Waals surface area contributed by atoms with Crippen molar-refractivity contribution in [3.05, 3.63) is 29.6 Å². The fraction of sp³-hybridized carbons (Fsp3) is 0.571. The molecule has 0 amide bonds. The molecule has 0 aliphatic heterocycles. The lowest BCUT2D eigenvalue weighted by Gasteiger charge is -2.14. The van der Waals surface area contributed by atoms with Crippen LogP contribution in [0, 0.1) is 5.92 Å². The first-order valence-electron chi connectivity index (χ1n) is 6.40. The van der Waals surface area contributed by atoms with Crippen molar-refractivity contribution >= 4 is 5.97 Å². The highest BCUT2D eigenvalue weighted by Gasteiger charge is 2.05. The van der Waals surface area contributed by atoms with Gasteiger partial charge in [-0.2, -0.15) is 0 Å². The van der Waals surface area contributed by atoms with Crippen molar-refractivity contribution in [2.75, 3.05) is 0 Å². The first kappa shape index (κ1) is 14.6. The zero-order valence-corrected chi connectivity index (χ0v) is 11.3. The summed E-state index contributed by atoms with van der Waals surface area (Å²) < 4.78 is 0. The lowest BCUT2D eigenvalue weighted by molar-refractivity contribution is 0.0696. The summed E-state index contributed by atoms with van der Waals surface area (Å²) in [4.78, 5) is 14.8. The fourth-order valence-corrected chi connectivity index (χ4v) is 1.62. The highest BCUT2D eigenvalue weighted by Crippen LogP contribution is 2.07. The van der Waals surface area contributed by atoms with Gasteiger partial charge in [-0.15, -0.1) is 0 Å². The van der Waals surface area contributed by atoms with Crippen molar-refractivity contribution in [2.24, 2.45) is 5.92 Å². The number of pyridine rings is 1. The molecular formula is C14H22N2O2. The molecule has 100 valence electrons. The average Bonchev–Trinajstić information content (AvgIpc) is 2.34. The number of hydrogen-bond donors (Lipinski definition) is 2. The standard InChI is InChI=1S/C14H22N2O2/c1-10(2)4-5-11(3)15-9-13-7-6-12(8-16-13)14(17)18/h6-8,10-11,15H,4-5,9H2,1-3H3,(H,17,18). The van der Waals surface area contributed by atoms with Crippen LogP contribution in [0.15, 0.2) is 18.3 Å². The van der Waals surface area contributed by atoms with Crippen LogP contribution in [0.3, 0.4) is 0 Å². The summed E-state index contributed by atoms with van der Waals surface area (Å²) in [6, 6.07) is 3.80. The quantitative estimate of drug-likeness (QED) is 0.781. The van der Waals surface area contributed by atoms with Gasteiger partial charge in [-0.25, -0.2) is 4.79 Å². The number of carbonyl (C=O) groups is 1. The maximum Gasteiger partial charge on any atom is 0.337 e. The number of hydrogen-bond acceptors (Lipinski definition) is 3. The van der Waals surface area contributed by atoms with E-state index in [1.54, 1.807) is 12.1 Å². The van der Waals surface area contributed by atoms with Crippen LogP contribution < -0.4 is 5.32 Å². The van der Waals surface area contributed by atoms with Crippen LogP contribution in [-0.4, -0.2) is 22.1 Å². The van der Waals surface area contributed by atoms with Gasteiger partial charge >= 0.3 is 5.97 Å². The van der Waals surface area contributed by atoms with Crippen LogP contribution in [0.25, 0.3) is 0 Å². The number of nitrogens with zero attached hydrogens (tertiary/aromatic N) is 1. The molecule has 18 heavy (non-hydrogen) atoms. The fourth-order valence-electron chi connectivity index (χ4n) is 1.62. The van der Waals surface area contributed by atoms with E-state index in [9.17, 15) is 4.79 Å². The summed E-state index contributed by atoms with van der Waals surface area (Å²) in [6.07, 6.45) is 3.75. The van der Waals surface area contributed by atoms with Crippen LogP contribution in [0.2, 0.25) is 0 Å². The van der Waals surface area contributed by atoms with Gasteiger partial charge in [0.2, 0.25) is 0 Å². The molecule has 0 aliphatic rings. The summed E-state index contributed by atoms with van der Waals surface area (Å²) in [5, 5.41) is 12.2. The van der Waals surface area contributed by atoms with Gasteiger partial charge < -0.3 is 10.4 Å². The predicted molar refractivity (Wildman–Crippen MR) is 71.6 cm³/mol. The van der Waals surface area contributed by atoms with Crippen molar-refractivity contribution in [3.63, 3.8) is 0 Å². The molecule has 0 saturated heterocycles. The van der Waals surface area contributed by atoms with Crippen LogP contribution >= 0.6 is 0 Å². The number of carboxylic acids is 1. The number of aromatic carboxylic acids is 1. The van der Waals surface area contributed by atoms with Crippen LogP contribution in [0.1, 0.15) is 49.7 Å². The number of nitrogens with one attached hydrogen (secondary N) is 1. The van der Waals surface area contributed by atoms with Crippen LogP contribution in [0.5, 0.6) is 0 Å². The van der Waals surface area contributed by atoms with E-state index in [4.69, 9.17) is 5.11 Å². The minimum atomic E-state index is -0.938. The van der Waals surface area contributed by atoms with Gasteiger partial charge in [-0.3, -0.25) is 4.98 Å². The van der Waals surface area contributed by atoms with Crippen molar-refractivity contribution in [1.82, 2.24) is 10.3 Å². The molecule has 0 bridgehead atoms. The summed E-state index contributed by atoms with van der Waals surface area (Å²) >= 11 is 0. The Balaban J connectivity index is 2.36. The number of rotatable bonds is 7. The molecule has 0 aliphatic carbocycles. The van der Waals surface area contributed by atoms with Gasteiger partial charge in [0.1, 0.15) is 0 Å². The Morgan fingerprint density at radius 2 is 2.06 bits per heavy atom. The zero-order chi connectivity index (χ0) is 13.5. The first-order valence-corrected chi connectivity index (χ1v) is 6.40. The lowest BCUT2D eigenvalue weighted by atomic mass is 10.0. The largest absolute Gasteiger partial charge is 0.478 e. The maximum atomic E-state index is 10.7. The third kappa shape index (κ3) is 5.27. The molecule has 1 aromatic rings. The van der Waals surface area contributed by atoms with E-state index in [2.05, 4.69) is 31.1 Å². The Kier molecular flexibility index (Phi) is 5.78. The molecule has 0 radical (unpaired) electrons. The zero-order valence-electron chi connectivity index (χ0n) is 11.3. The van der Waals surface area contributed by atoms with Crippen molar-refractivity contribution < 1.29 is 9.90 Å². The van der Waals surface area contributed by atoms with Gasteiger partial charge in [0, 0.05) is 18.8 Å². The Bertz CT molecular complexity index is 374. The lowest BCUT2D eigenvalue weighted by Crippen LogP contribution is -2.26. The van der Waals surface area contributed by atoms with Gasteiger partial charge in [0.05, 0.1) is 11.3 Å². The summed E-state index contributed by atoms with van der Waals surface area (Å²) in [5.41, 5.74) is 1.10. The van der Waals surface area contributed by atoms with Gasteiger partial charge in [0.15, 0.2) is 0 Å². The molecular weight excluding hydrogens is 228 g/mol. The summed E-state index contributed by atoms with van der Waals surface area (Å²) in [6.45, 7) is 7.28. The molecule has 0 spiro atoms. The molecule has 1 atom stereocenters. The second-order valence-electron chi connectivity index (χ2n) is 5.10. The number of aromatic nitrogens is 1. The molecule has 0 saturated carbocycles. The molecule has 1 aromatic heterocycles. The Morgan fingerprint density at radius 1 is 1.33 bits per heavy atom. The Hall–Kier alpha value is -1.42. The van der Waals surface area contributed by atoms with E-state index >= 15 is 0 Å². The first-order chi connectivity index (χ1) is 8.49. The average molecular weight is 250 g/mol. The molecule has 0 aromatic carbocycles. The van der Waals surface area contributed by atoms with Gasteiger partial charge in [-0.05, 0) is 37.8 Å². The van der Waals surface area contributed by atoms with Crippen molar-refractivity contribution in [1.29, 1.82) is 0 Å². The summed E-state index contributed by atoms with van der Waals surface area (Å²) in [7, 11) is 0. The third-order valence-electron chi connectivity index (χ3n) is 2.88. The van der Waals surface area contributed by atoms with Gasteiger partial charge in [0.25, 0.3) is 0 Å². The Morgan fingerprint density at radius 3 is 2.56 bits per heavy atom. The molecule has 4 nitrogen and oxygen atoms in total. The van der Waals surface area contributed by atoms with Crippen molar-refractivity contribution in [3.8, 4) is 0 Å². The smallest absolute Gasteiger partial charge is 0.337 e. The molecule has 1 heterocycles. The predicted octanol–water partition coefficient (Wildman–Crippen LogP) is 2.69. The Labute approximate surface area is 108 Å². The monoisotopic (exact) mass is 250 g/mol. The molecule has 1 unspecified atom stereocenters. The van der Waals surface area contributed by atoms with Crippen LogP contribution in [0.4, 0.5) is 0 Å². The van der Waals surface area contributed by atoms with E-state index in [1.165, 1.54) is 12.6 Å². The maximum absolute atomic E-state index is 10.7. The van der Waals surface area contributed by atoms with Crippen molar-refractivity contribution in [2.45, 2.75) is 46.2 Å². The van der Waals surface area contributed by atoms with E-state index in [1.807, 2.05) is 0 Å². The highest BCUT2D eigenvalue weighted by molar-refractivity contribution is 5.87. The van der Waals surface area contributed by atoms with E-state index < -0.39 is 5.97 Å². The van der Waals surface area contributed by atoms with Gasteiger partial charge in [-0.1, -0.05) is 13.8 Å². The number of carboxylic acid groups (broad SMARTS) is 1. The van der Waals surface area contributed by atoms with E-state index in [0.29, 0.717) is 12.6 Å². The molecule has 1 rings (SSSR count). The minimum absolute atomic E-state index is 0.228. The summed E-state index contributed by atoms with van der Waals surface area (Å²) in [5.74, 6) is -0.213. The second-order valence-corrected chi connectivity index (χ2v) is 5.10. The normalized spacial score (nSPS) is 12.7. The molecule has 2 N–H and O–H groups in total. The SMILES string of the molecule is CC(C)CCC(C)NCc1ccc(C(=O)O)cn1. The van der Waals surface area contributed by atoms with E-state index in [0.717, 1.165) is 18.0 Å². The third-order valence-corrected chi connectivity index (χ3v) is 2.88. The highest BCUT2D eigenvalue weighted by atomic mass is 16.4. The molecule has 0 fully saturated rings. The van der Waals surface area contributed by atoms with E-state index in [-0.39, 0.29) is 5.56 Å². The second kappa shape index (κ2) is 7.11. The minimum Gasteiger partial charge on any atom is -0.478 e. The molecule has 4 heteroatoms.